The fourth-order valence-corrected chi connectivity index (χ4v) is 3.98. The average molecular weight is 401 g/mol. The fraction of sp³-hybridized carbons (Fsp3) is 0.200. The third-order valence-corrected chi connectivity index (χ3v) is 5.33. The number of carbonyl (C=O) groups excluding carboxylic acids is 1. The maximum Gasteiger partial charge on any atom is 0.232 e. The van der Waals surface area contributed by atoms with E-state index in [-0.39, 0.29) is 5.78 Å². The smallest absolute Gasteiger partial charge is 0.232 e. The lowest BCUT2D eigenvalue weighted by Crippen LogP contribution is -2.33. The van der Waals surface area contributed by atoms with Crippen molar-refractivity contribution in [3.8, 4) is 5.75 Å². The van der Waals surface area contributed by atoms with E-state index in [0.29, 0.717) is 33.6 Å². The zero-order valence-electron chi connectivity index (χ0n) is 14.8. The van der Waals surface area contributed by atoms with E-state index in [0.717, 1.165) is 15.8 Å². The van der Waals surface area contributed by atoms with E-state index in [2.05, 4.69) is 10.3 Å². The standard InChI is InChI=1S/C20H17ClN2O3S/c1-3-25-19-14(18(24)13-8-11(2)4-7-16(13)26-19)10-22-20-23-15-6-5-12(21)9-17(15)27-20/h4-10,19H,3H2,1-2H3,(H,22,23)/b14-10-/t19-/m0/s1. The van der Waals surface area contributed by atoms with Gasteiger partial charge in [-0.3, -0.25) is 4.79 Å². The Kier molecular flexibility index (Phi) is 4.86. The van der Waals surface area contributed by atoms with Crippen LogP contribution >= 0.6 is 22.9 Å². The molecule has 0 saturated heterocycles. The van der Waals surface area contributed by atoms with Crippen molar-refractivity contribution in [1.29, 1.82) is 0 Å². The molecule has 3 aromatic rings. The molecule has 2 aromatic carbocycles. The maximum absolute atomic E-state index is 13.0. The topological polar surface area (TPSA) is 60.5 Å². The van der Waals surface area contributed by atoms with E-state index in [1.54, 1.807) is 18.3 Å². The van der Waals surface area contributed by atoms with E-state index in [4.69, 9.17) is 21.1 Å². The number of ether oxygens (including phenoxy) is 2. The van der Waals surface area contributed by atoms with Crippen molar-refractivity contribution in [3.05, 3.63) is 64.3 Å². The SMILES string of the molecule is CCO[C@H]1Oc2ccc(C)cc2C(=O)/C1=C/Nc1nc2ccc(Cl)cc2s1. The van der Waals surface area contributed by atoms with Gasteiger partial charge in [-0.05, 0) is 44.2 Å². The Balaban J connectivity index is 1.67. The summed E-state index contributed by atoms with van der Waals surface area (Å²) in [5, 5.41) is 4.44. The number of Topliss-reactive ketones (excluding diaryl/α,β-unsaturated/α-hetero) is 1. The number of benzene rings is 2. The molecule has 1 N–H and O–H groups in total. The first-order valence-electron chi connectivity index (χ1n) is 8.51. The van der Waals surface area contributed by atoms with Gasteiger partial charge >= 0.3 is 0 Å². The second-order valence-corrected chi connectivity index (χ2v) is 7.58. The number of ketones is 1. The molecule has 0 aliphatic carbocycles. The summed E-state index contributed by atoms with van der Waals surface area (Å²) in [6, 6.07) is 11.1. The van der Waals surface area contributed by atoms with Crippen LogP contribution in [0.2, 0.25) is 5.02 Å². The van der Waals surface area contributed by atoms with Crippen molar-refractivity contribution in [2.45, 2.75) is 20.1 Å². The molecule has 0 radical (unpaired) electrons. The molecular formula is C20H17ClN2O3S. The number of anilines is 1. The van der Waals surface area contributed by atoms with Gasteiger partial charge in [0.2, 0.25) is 6.29 Å². The van der Waals surface area contributed by atoms with Crippen LogP contribution in [0.25, 0.3) is 10.2 Å². The fourth-order valence-electron chi connectivity index (χ4n) is 2.87. The first-order valence-corrected chi connectivity index (χ1v) is 9.71. The monoisotopic (exact) mass is 400 g/mol. The number of nitrogens with zero attached hydrogens (tertiary/aromatic N) is 1. The number of hydrogen-bond donors (Lipinski definition) is 1. The third-order valence-electron chi connectivity index (χ3n) is 4.15. The predicted molar refractivity (Wildman–Crippen MR) is 108 cm³/mol. The number of aryl methyl sites for hydroxylation is 1. The lowest BCUT2D eigenvalue weighted by Gasteiger charge is -2.27. The van der Waals surface area contributed by atoms with E-state index in [1.165, 1.54) is 11.3 Å². The minimum Gasteiger partial charge on any atom is -0.460 e. The molecule has 0 unspecified atom stereocenters. The van der Waals surface area contributed by atoms with Gasteiger partial charge in [0.1, 0.15) is 5.75 Å². The minimum atomic E-state index is -0.756. The van der Waals surface area contributed by atoms with Gasteiger partial charge in [-0.2, -0.15) is 0 Å². The van der Waals surface area contributed by atoms with Crippen LogP contribution < -0.4 is 10.1 Å². The number of rotatable bonds is 4. The van der Waals surface area contributed by atoms with Gasteiger partial charge in [0, 0.05) is 17.8 Å². The first kappa shape index (κ1) is 18.0. The molecule has 1 atom stereocenters. The molecule has 0 bridgehead atoms. The van der Waals surface area contributed by atoms with Crippen LogP contribution in [0.3, 0.4) is 0 Å². The molecule has 1 aliphatic rings. The average Bonchev–Trinajstić information content (AvgIpc) is 3.04. The number of hydrogen-bond acceptors (Lipinski definition) is 6. The number of thiazole rings is 1. The number of halogens is 1. The van der Waals surface area contributed by atoms with E-state index in [9.17, 15) is 4.79 Å². The molecule has 1 aliphatic heterocycles. The van der Waals surface area contributed by atoms with Gasteiger partial charge in [-0.1, -0.05) is 34.6 Å². The van der Waals surface area contributed by atoms with Crippen molar-refractivity contribution in [3.63, 3.8) is 0 Å². The van der Waals surface area contributed by atoms with E-state index >= 15 is 0 Å². The van der Waals surface area contributed by atoms with Crippen molar-refractivity contribution in [2.24, 2.45) is 0 Å². The minimum absolute atomic E-state index is 0.116. The molecule has 1 aromatic heterocycles. The molecule has 0 saturated carbocycles. The van der Waals surface area contributed by atoms with Crippen molar-refractivity contribution < 1.29 is 14.3 Å². The van der Waals surface area contributed by atoms with Crippen LogP contribution in [0.15, 0.2) is 48.2 Å². The highest BCUT2D eigenvalue weighted by Gasteiger charge is 2.32. The molecule has 4 rings (SSSR count). The van der Waals surface area contributed by atoms with Crippen molar-refractivity contribution in [1.82, 2.24) is 4.98 Å². The molecule has 27 heavy (non-hydrogen) atoms. The summed E-state index contributed by atoms with van der Waals surface area (Å²) in [6.07, 6.45) is 0.863. The lowest BCUT2D eigenvalue weighted by atomic mass is 9.98. The van der Waals surface area contributed by atoms with Gasteiger partial charge in [-0.15, -0.1) is 0 Å². The Hall–Kier alpha value is -2.41. The van der Waals surface area contributed by atoms with Crippen LogP contribution in [-0.2, 0) is 4.74 Å². The van der Waals surface area contributed by atoms with Crippen LogP contribution in [0, 0.1) is 6.92 Å². The molecular weight excluding hydrogens is 384 g/mol. The van der Waals surface area contributed by atoms with Crippen LogP contribution in [-0.4, -0.2) is 23.7 Å². The second-order valence-electron chi connectivity index (χ2n) is 6.11. The van der Waals surface area contributed by atoms with Crippen molar-refractivity contribution in [2.75, 3.05) is 11.9 Å². The Morgan fingerprint density at radius 3 is 3.00 bits per heavy atom. The molecule has 7 heteroatoms. The van der Waals surface area contributed by atoms with Crippen LogP contribution in [0.4, 0.5) is 5.13 Å². The third kappa shape index (κ3) is 3.56. The zero-order valence-corrected chi connectivity index (χ0v) is 16.4. The molecule has 0 amide bonds. The molecule has 2 heterocycles. The largest absolute Gasteiger partial charge is 0.460 e. The second kappa shape index (κ2) is 7.31. The summed E-state index contributed by atoms with van der Waals surface area (Å²) in [5.41, 5.74) is 2.79. The van der Waals surface area contributed by atoms with Gasteiger partial charge in [-0.25, -0.2) is 4.98 Å². The summed E-state index contributed by atoms with van der Waals surface area (Å²) in [5.74, 6) is 0.422. The first-order chi connectivity index (χ1) is 13.0. The Morgan fingerprint density at radius 1 is 1.33 bits per heavy atom. The highest BCUT2D eigenvalue weighted by molar-refractivity contribution is 7.22. The summed E-state index contributed by atoms with van der Waals surface area (Å²) in [7, 11) is 0. The number of fused-ring (bicyclic) bond motifs is 2. The Morgan fingerprint density at radius 2 is 2.19 bits per heavy atom. The summed E-state index contributed by atoms with van der Waals surface area (Å²) in [4.78, 5) is 17.5. The maximum atomic E-state index is 13.0. The predicted octanol–water partition coefficient (Wildman–Crippen LogP) is 5.19. The van der Waals surface area contributed by atoms with Crippen LogP contribution in [0.5, 0.6) is 5.75 Å². The van der Waals surface area contributed by atoms with E-state index < -0.39 is 6.29 Å². The Bertz CT molecular complexity index is 1060. The quantitative estimate of drug-likeness (QED) is 0.610. The highest BCUT2D eigenvalue weighted by atomic mass is 35.5. The van der Waals surface area contributed by atoms with Crippen molar-refractivity contribution >= 4 is 44.1 Å². The number of carbonyl (C=O) groups is 1. The summed E-state index contributed by atoms with van der Waals surface area (Å²) >= 11 is 7.49. The summed E-state index contributed by atoms with van der Waals surface area (Å²) in [6.45, 7) is 4.23. The van der Waals surface area contributed by atoms with Crippen LogP contribution in [0.1, 0.15) is 22.8 Å². The summed E-state index contributed by atoms with van der Waals surface area (Å²) < 4.78 is 12.5. The molecule has 138 valence electrons. The van der Waals surface area contributed by atoms with Gasteiger partial charge < -0.3 is 14.8 Å². The lowest BCUT2D eigenvalue weighted by molar-refractivity contribution is -0.0509. The van der Waals surface area contributed by atoms with E-state index in [1.807, 2.05) is 38.1 Å². The molecule has 0 spiro atoms. The normalized spacial score (nSPS) is 17.8. The zero-order chi connectivity index (χ0) is 19.0. The Labute approximate surface area is 165 Å². The molecule has 0 fully saturated rings. The number of aromatic nitrogens is 1. The van der Waals surface area contributed by atoms with Gasteiger partial charge in [0.05, 0.1) is 21.4 Å². The highest BCUT2D eigenvalue weighted by Crippen LogP contribution is 2.33. The van der Waals surface area contributed by atoms with Gasteiger partial charge in [0.25, 0.3) is 0 Å². The van der Waals surface area contributed by atoms with Gasteiger partial charge in [0.15, 0.2) is 10.9 Å². The molecule has 5 nitrogen and oxygen atoms in total. The number of nitrogens with one attached hydrogen (secondary N) is 1.